The van der Waals surface area contributed by atoms with Crippen molar-refractivity contribution in [2.75, 3.05) is 0 Å². The monoisotopic (exact) mass is 270 g/mol. The van der Waals surface area contributed by atoms with Crippen molar-refractivity contribution in [3.63, 3.8) is 0 Å². The third-order valence-corrected chi connectivity index (χ3v) is 6.32. The van der Waals surface area contributed by atoms with Crippen LogP contribution in [0.25, 0.3) is 0 Å². The second-order valence-electron chi connectivity index (χ2n) is 7.62. The SMILES string of the molecule is CC1CCC2CC(C3CCC(F)C(F)C3)CCC2C1. The van der Waals surface area contributed by atoms with Gasteiger partial charge in [-0.3, -0.25) is 0 Å². The molecule has 2 heteroatoms. The van der Waals surface area contributed by atoms with E-state index < -0.39 is 12.3 Å². The Balaban J connectivity index is 1.56. The van der Waals surface area contributed by atoms with Crippen molar-refractivity contribution in [1.29, 1.82) is 0 Å². The van der Waals surface area contributed by atoms with Crippen LogP contribution in [-0.2, 0) is 0 Å². The van der Waals surface area contributed by atoms with Gasteiger partial charge in [-0.15, -0.1) is 0 Å². The number of halogens is 2. The second-order valence-corrected chi connectivity index (χ2v) is 7.62. The summed E-state index contributed by atoms with van der Waals surface area (Å²) >= 11 is 0. The molecule has 0 amide bonds. The van der Waals surface area contributed by atoms with Crippen LogP contribution in [0.15, 0.2) is 0 Å². The maximum atomic E-state index is 13.6. The van der Waals surface area contributed by atoms with Crippen LogP contribution >= 0.6 is 0 Å². The normalized spacial score (nSPS) is 51.6. The largest absolute Gasteiger partial charge is 0.244 e. The molecule has 3 rings (SSSR count). The van der Waals surface area contributed by atoms with Crippen molar-refractivity contribution in [2.24, 2.45) is 29.6 Å². The molecule has 0 aliphatic heterocycles. The molecule has 0 heterocycles. The Morgan fingerprint density at radius 2 is 1.11 bits per heavy atom. The zero-order valence-electron chi connectivity index (χ0n) is 12.2. The summed E-state index contributed by atoms with van der Waals surface area (Å²) < 4.78 is 26.8. The molecule has 110 valence electrons. The molecule has 0 saturated heterocycles. The first kappa shape index (κ1) is 13.8. The Bertz CT molecular complexity index is 304. The lowest BCUT2D eigenvalue weighted by Gasteiger charge is -2.45. The van der Waals surface area contributed by atoms with E-state index in [9.17, 15) is 8.78 Å². The van der Waals surface area contributed by atoms with Crippen molar-refractivity contribution in [1.82, 2.24) is 0 Å². The first-order valence-corrected chi connectivity index (χ1v) is 8.41. The molecule has 0 N–H and O–H groups in total. The van der Waals surface area contributed by atoms with E-state index in [0.717, 1.165) is 24.2 Å². The molecule has 3 aliphatic carbocycles. The maximum Gasteiger partial charge on any atom is 0.131 e. The third-order valence-electron chi connectivity index (χ3n) is 6.32. The Kier molecular flexibility index (Phi) is 4.14. The summed E-state index contributed by atoms with van der Waals surface area (Å²) in [6.45, 7) is 2.39. The number of fused-ring (bicyclic) bond motifs is 1. The minimum absolute atomic E-state index is 0.466. The molecule has 0 bridgehead atoms. The van der Waals surface area contributed by atoms with Crippen LogP contribution in [0.3, 0.4) is 0 Å². The van der Waals surface area contributed by atoms with Gasteiger partial charge in [-0.25, -0.2) is 8.78 Å². The van der Waals surface area contributed by atoms with Crippen LogP contribution in [0, 0.1) is 29.6 Å². The van der Waals surface area contributed by atoms with Gasteiger partial charge in [0.1, 0.15) is 12.3 Å². The van der Waals surface area contributed by atoms with Gasteiger partial charge >= 0.3 is 0 Å². The molecule has 0 nitrogen and oxygen atoms in total. The Morgan fingerprint density at radius 3 is 1.79 bits per heavy atom. The van der Waals surface area contributed by atoms with Gasteiger partial charge in [0.05, 0.1) is 0 Å². The maximum absolute atomic E-state index is 13.6. The predicted molar refractivity (Wildman–Crippen MR) is 74.5 cm³/mol. The highest BCUT2D eigenvalue weighted by Crippen LogP contribution is 2.48. The molecule has 3 fully saturated rings. The van der Waals surface area contributed by atoms with Crippen LogP contribution < -0.4 is 0 Å². The molecule has 19 heavy (non-hydrogen) atoms. The van der Waals surface area contributed by atoms with E-state index in [2.05, 4.69) is 6.92 Å². The molecule has 0 spiro atoms. The van der Waals surface area contributed by atoms with E-state index in [4.69, 9.17) is 0 Å². The fourth-order valence-electron chi connectivity index (χ4n) is 5.13. The minimum Gasteiger partial charge on any atom is -0.244 e. The number of alkyl halides is 2. The molecule has 0 aromatic carbocycles. The van der Waals surface area contributed by atoms with Crippen molar-refractivity contribution in [3.8, 4) is 0 Å². The van der Waals surface area contributed by atoms with Gasteiger partial charge in [-0.2, -0.15) is 0 Å². The van der Waals surface area contributed by atoms with Crippen LogP contribution in [0.1, 0.15) is 64.7 Å². The Morgan fingerprint density at radius 1 is 0.579 bits per heavy atom. The van der Waals surface area contributed by atoms with Crippen LogP contribution in [0.2, 0.25) is 0 Å². The Hall–Kier alpha value is -0.140. The lowest BCUT2D eigenvalue weighted by molar-refractivity contribution is 0.0281. The summed E-state index contributed by atoms with van der Waals surface area (Å²) in [4.78, 5) is 0. The molecular formula is C17H28F2. The summed E-state index contributed by atoms with van der Waals surface area (Å²) in [5.74, 6) is 3.92. The van der Waals surface area contributed by atoms with Gasteiger partial charge in [-0.05, 0) is 81.0 Å². The molecule has 3 saturated carbocycles. The highest BCUT2D eigenvalue weighted by molar-refractivity contribution is 4.90. The average Bonchev–Trinajstić information content (AvgIpc) is 2.41. The summed E-state index contributed by atoms with van der Waals surface area (Å²) in [5.41, 5.74) is 0. The second kappa shape index (κ2) is 5.69. The van der Waals surface area contributed by atoms with Crippen molar-refractivity contribution in [2.45, 2.75) is 77.1 Å². The van der Waals surface area contributed by atoms with E-state index in [1.807, 2.05) is 0 Å². The van der Waals surface area contributed by atoms with Crippen LogP contribution in [0.5, 0.6) is 0 Å². The summed E-state index contributed by atoms with van der Waals surface area (Å²) in [5, 5.41) is 0. The average molecular weight is 270 g/mol. The Labute approximate surface area is 116 Å². The molecule has 7 unspecified atom stereocenters. The first-order chi connectivity index (χ1) is 9.13. The zero-order chi connectivity index (χ0) is 13.4. The van der Waals surface area contributed by atoms with Crippen molar-refractivity contribution in [3.05, 3.63) is 0 Å². The lowest BCUT2D eigenvalue weighted by Crippen LogP contribution is -2.36. The minimum atomic E-state index is -1.18. The molecule has 0 aromatic heterocycles. The highest BCUT2D eigenvalue weighted by Gasteiger charge is 2.40. The summed E-state index contributed by atoms with van der Waals surface area (Å²) in [6, 6.07) is 0. The fourth-order valence-corrected chi connectivity index (χ4v) is 5.13. The topological polar surface area (TPSA) is 0 Å². The van der Waals surface area contributed by atoms with Crippen molar-refractivity contribution < 1.29 is 8.78 Å². The molecule has 7 atom stereocenters. The smallest absolute Gasteiger partial charge is 0.131 e. The van der Waals surface area contributed by atoms with E-state index in [1.165, 1.54) is 38.5 Å². The van der Waals surface area contributed by atoms with Crippen molar-refractivity contribution >= 4 is 0 Å². The number of hydrogen-bond acceptors (Lipinski definition) is 0. The van der Waals surface area contributed by atoms with E-state index in [1.54, 1.807) is 0 Å². The summed E-state index contributed by atoms with van der Waals surface area (Å²) in [7, 11) is 0. The summed E-state index contributed by atoms with van der Waals surface area (Å²) in [6.07, 6.45) is 7.68. The van der Waals surface area contributed by atoms with Crippen LogP contribution in [-0.4, -0.2) is 12.3 Å². The predicted octanol–water partition coefficient (Wildman–Crippen LogP) is 5.32. The standard InChI is InChI=1S/C17H28F2/c1-11-2-3-13-9-14(5-4-12(13)8-11)15-6-7-16(18)17(19)10-15/h11-17H,2-10H2,1H3. The zero-order valence-corrected chi connectivity index (χ0v) is 12.2. The van der Waals surface area contributed by atoms with Gasteiger partial charge in [0, 0.05) is 0 Å². The van der Waals surface area contributed by atoms with Gasteiger partial charge < -0.3 is 0 Å². The molecule has 3 aliphatic rings. The molecule has 0 aromatic rings. The molecular weight excluding hydrogens is 242 g/mol. The number of rotatable bonds is 1. The van der Waals surface area contributed by atoms with E-state index in [0.29, 0.717) is 24.7 Å². The highest BCUT2D eigenvalue weighted by atomic mass is 19.2. The number of hydrogen-bond donors (Lipinski definition) is 0. The van der Waals surface area contributed by atoms with Crippen LogP contribution in [0.4, 0.5) is 8.78 Å². The fraction of sp³-hybridized carbons (Fsp3) is 1.00. The van der Waals surface area contributed by atoms with Gasteiger partial charge in [-0.1, -0.05) is 13.3 Å². The van der Waals surface area contributed by atoms with Gasteiger partial charge in [0.2, 0.25) is 0 Å². The first-order valence-electron chi connectivity index (χ1n) is 8.41. The quantitative estimate of drug-likeness (QED) is 0.605. The van der Waals surface area contributed by atoms with Gasteiger partial charge in [0.25, 0.3) is 0 Å². The third kappa shape index (κ3) is 2.97. The molecule has 0 radical (unpaired) electrons. The van der Waals surface area contributed by atoms with E-state index in [-0.39, 0.29) is 0 Å². The lowest BCUT2D eigenvalue weighted by atomic mass is 9.61. The van der Waals surface area contributed by atoms with E-state index >= 15 is 0 Å². The van der Waals surface area contributed by atoms with Gasteiger partial charge in [0.15, 0.2) is 0 Å².